The molecule has 2 unspecified atom stereocenters. The molecule has 1 aliphatic carbocycles. The molecule has 7 nitrogen and oxygen atoms in total. The molecule has 0 saturated heterocycles. The number of Topliss-reactive ketones (excluding diaryl/α,β-unsaturated/α-hetero) is 1. The molecule has 3 heterocycles. The molecule has 1 amide bonds. The van der Waals surface area contributed by atoms with Crippen LogP contribution in [0.25, 0.3) is 0 Å². The summed E-state index contributed by atoms with van der Waals surface area (Å²) in [6.45, 7) is 0. The fourth-order valence-electron chi connectivity index (χ4n) is 3.23. The number of hydrazone groups is 1. The Labute approximate surface area is 132 Å². The number of fused-ring (bicyclic) bond motifs is 1. The van der Waals surface area contributed by atoms with E-state index in [4.69, 9.17) is 0 Å². The van der Waals surface area contributed by atoms with E-state index in [9.17, 15) is 9.59 Å². The quantitative estimate of drug-likeness (QED) is 0.774. The van der Waals surface area contributed by atoms with Crippen molar-refractivity contribution in [3.63, 3.8) is 0 Å². The highest BCUT2D eigenvalue weighted by Crippen LogP contribution is 2.29. The molecule has 116 valence electrons. The molecule has 0 spiro atoms. The Kier molecular flexibility index (Phi) is 3.25. The summed E-state index contributed by atoms with van der Waals surface area (Å²) in [6, 6.07) is 3.63. The van der Waals surface area contributed by atoms with Crippen LogP contribution in [0.15, 0.2) is 46.9 Å². The van der Waals surface area contributed by atoms with Crippen molar-refractivity contribution in [2.45, 2.75) is 25.3 Å². The van der Waals surface area contributed by atoms with Crippen LogP contribution in [0.4, 0.5) is 0 Å². The van der Waals surface area contributed by atoms with Gasteiger partial charge in [0.1, 0.15) is 17.2 Å². The second-order valence-corrected chi connectivity index (χ2v) is 5.83. The Morgan fingerprint density at radius 3 is 3.00 bits per heavy atom. The molecule has 4 rings (SSSR count). The largest absolute Gasteiger partial charge is 0.381 e. The molecule has 3 aliphatic rings. The lowest BCUT2D eigenvalue weighted by atomic mass is 9.85. The fraction of sp³-hybridized carbons (Fsp3) is 0.312. The average molecular weight is 309 g/mol. The van der Waals surface area contributed by atoms with Crippen molar-refractivity contribution in [1.29, 1.82) is 0 Å². The van der Waals surface area contributed by atoms with E-state index in [2.05, 4.69) is 26.0 Å². The Balaban J connectivity index is 1.65. The standard InChI is InChI=1S/C16H15N5O2/c22-14-5-1-3-12-10(14)7-9(18-12)8-11-15(20-21-16(11)23)13-4-2-6-17-19-13/h2,4,6-8,10,12,18H,1,3,5H2,(H,21,23)/b11-8+. The van der Waals surface area contributed by atoms with Gasteiger partial charge in [-0.25, -0.2) is 5.43 Å². The first-order chi connectivity index (χ1) is 11.2. The summed E-state index contributed by atoms with van der Waals surface area (Å²) in [5, 5.41) is 15.2. The number of ketones is 1. The number of hydrogen-bond donors (Lipinski definition) is 2. The molecule has 1 aromatic rings. The first kappa shape index (κ1) is 13.8. The van der Waals surface area contributed by atoms with Gasteiger partial charge in [0.2, 0.25) is 0 Å². The van der Waals surface area contributed by atoms with E-state index in [0.29, 0.717) is 23.4 Å². The van der Waals surface area contributed by atoms with E-state index in [1.807, 2.05) is 6.08 Å². The van der Waals surface area contributed by atoms with Crippen molar-refractivity contribution >= 4 is 17.4 Å². The highest BCUT2D eigenvalue weighted by atomic mass is 16.2. The Bertz CT molecular complexity index is 766. The smallest absolute Gasteiger partial charge is 0.273 e. The summed E-state index contributed by atoms with van der Waals surface area (Å²) in [5.41, 5.74) is 4.67. The van der Waals surface area contributed by atoms with Gasteiger partial charge in [0.15, 0.2) is 0 Å². The van der Waals surface area contributed by atoms with Gasteiger partial charge in [0.05, 0.1) is 11.5 Å². The van der Waals surface area contributed by atoms with Crippen molar-refractivity contribution in [3.05, 3.63) is 47.4 Å². The molecule has 0 aromatic carbocycles. The van der Waals surface area contributed by atoms with Gasteiger partial charge in [0.25, 0.3) is 5.91 Å². The van der Waals surface area contributed by atoms with Crippen LogP contribution in [-0.4, -0.2) is 33.6 Å². The van der Waals surface area contributed by atoms with Crippen LogP contribution in [0, 0.1) is 5.92 Å². The van der Waals surface area contributed by atoms with E-state index < -0.39 is 0 Å². The zero-order valence-electron chi connectivity index (χ0n) is 12.3. The van der Waals surface area contributed by atoms with Crippen molar-refractivity contribution in [3.8, 4) is 0 Å². The van der Waals surface area contributed by atoms with Crippen LogP contribution >= 0.6 is 0 Å². The van der Waals surface area contributed by atoms with Crippen LogP contribution in [0.5, 0.6) is 0 Å². The summed E-state index contributed by atoms with van der Waals surface area (Å²) in [7, 11) is 0. The average Bonchev–Trinajstić information content (AvgIpc) is 3.14. The van der Waals surface area contributed by atoms with Gasteiger partial charge in [-0.3, -0.25) is 9.59 Å². The first-order valence-corrected chi connectivity index (χ1v) is 7.61. The minimum absolute atomic E-state index is 0.0861. The predicted molar refractivity (Wildman–Crippen MR) is 82.1 cm³/mol. The third kappa shape index (κ3) is 2.44. The number of aromatic nitrogens is 2. The number of nitrogens with zero attached hydrogens (tertiary/aromatic N) is 3. The van der Waals surface area contributed by atoms with Crippen LogP contribution in [0.1, 0.15) is 25.0 Å². The minimum Gasteiger partial charge on any atom is -0.381 e. The summed E-state index contributed by atoms with van der Waals surface area (Å²) in [5.74, 6) is -0.104. The lowest BCUT2D eigenvalue weighted by Crippen LogP contribution is -2.36. The number of carbonyl (C=O) groups excluding carboxylic acids is 2. The molecule has 2 atom stereocenters. The van der Waals surface area contributed by atoms with Gasteiger partial charge in [-0.2, -0.15) is 10.2 Å². The minimum atomic E-state index is -0.283. The zero-order chi connectivity index (χ0) is 15.8. The summed E-state index contributed by atoms with van der Waals surface area (Å²) < 4.78 is 0. The Morgan fingerprint density at radius 1 is 1.30 bits per heavy atom. The molecule has 1 fully saturated rings. The zero-order valence-corrected chi connectivity index (χ0v) is 12.3. The van der Waals surface area contributed by atoms with Gasteiger partial charge >= 0.3 is 0 Å². The number of hydrogen-bond acceptors (Lipinski definition) is 6. The first-order valence-electron chi connectivity index (χ1n) is 7.61. The van der Waals surface area contributed by atoms with Crippen molar-refractivity contribution in [2.24, 2.45) is 11.0 Å². The molecule has 0 radical (unpaired) electrons. The van der Waals surface area contributed by atoms with Crippen LogP contribution < -0.4 is 10.7 Å². The van der Waals surface area contributed by atoms with E-state index in [-0.39, 0.29) is 23.7 Å². The van der Waals surface area contributed by atoms with Crippen molar-refractivity contribution < 1.29 is 9.59 Å². The fourth-order valence-corrected chi connectivity index (χ4v) is 3.23. The maximum atomic E-state index is 12.1. The molecular formula is C16H15N5O2. The maximum Gasteiger partial charge on any atom is 0.273 e. The van der Waals surface area contributed by atoms with Gasteiger partial charge in [-0.1, -0.05) is 0 Å². The van der Waals surface area contributed by atoms with Crippen LogP contribution in [0.3, 0.4) is 0 Å². The molecular weight excluding hydrogens is 294 g/mol. The van der Waals surface area contributed by atoms with Crippen molar-refractivity contribution in [1.82, 2.24) is 20.9 Å². The van der Waals surface area contributed by atoms with Gasteiger partial charge in [-0.05, 0) is 37.1 Å². The number of carbonyl (C=O) groups is 2. The van der Waals surface area contributed by atoms with E-state index in [0.717, 1.165) is 18.5 Å². The third-order valence-electron chi connectivity index (χ3n) is 4.34. The van der Waals surface area contributed by atoms with Gasteiger partial charge in [-0.15, -0.1) is 5.10 Å². The van der Waals surface area contributed by atoms with E-state index in [1.54, 1.807) is 24.4 Å². The number of nitrogens with one attached hydrogen (secondary N) is 2. The molecule has 23 heavy (non-hydrogen) atoms. The number of amides is 1. The van der Waals surface area contributed by atoms with Gasteiger partial charge in [0, 0.05) is 24.4 Å². The van der Waals surface area contributed by atoms with Crippen molar-refractivity contribution in [2.75, 3.05) is 0 Å². The lowest BCUT2D eigenvalue weighted by molar-refractivity contribution is -0.123. The molecule has 1 saturated carbocycles. The predicted octanol–water partition coefficient (Wildman–Crippen LogP) is 0.462. The third-order valence-corrected chi connectivity index (χ3v) is 4.34. The SMILES string of the molecule is O=C1NN=C(c2cccnn2)/C1=C\C1=CC2C(=O)CCCC2N1. The lowest BCUT2D eigenvalue weighted by Gasteiger charge is -2.23. The summed E-state index contributed by atoms with van der Waals surface area (Å²) in [4.78, 5) is 24.0. The summed E-state index contributed by atoms with van der Waals surface area (Å²) in [6.07, 6.45) is 7.74. The monoisotopic (exact) mass is 309 g/mol. The van der Waals surface area contributed by atoms with Crippen LogP contribution in [0.2, 0.25) is 0 Å². The molecule has 1 aromatic heterocycles. The Morgan fingerprint density at radius 2 is 2.22 bits per heavy atom. The topological polar surface area (TPSA) is 96.3 Å². The molecule has 0 bridgehead atoms. The summed E-state index contributed by atoms with van der Waals surface area (Å²) >= 11 is 0. The molecule has 7 heteroatoms. The van der Waals surface area contributed by atoms with Crippen LogP contribution in [-0.2, 0) is 9.59 Å². The second kappa shape index (κ2) is 5.42. The number of rotatable bonds is 2. The van der Waals surface area contributed by atoms with Gasteiger partial charge < -0.3 is 5.32 Å². The van der Waals surface area contributed by atoms with E-state index in [1.165, 1.54) is 0 Å². The maximum absolute atomic E-state index is 12.1. The second-order valence-electron chi connectivity index (χ2n) is 5.83. The molecule has 2 N–H and O–H groups in total. The normalized spacial score (nSPS) is 28.1. The highest BCUT2D eigenvalue weighted by Gasteiger charge is 2.35. The highest BCUT2D eigenvalue weighted by molar-refractivity contribution is 6.30. The number of allylic oxidation sites excluding steroid dienone is 1. The molecule has 2 aliphatic heterocycles. The van der Waals surface area contributed by atoms with E-state index >= 15 is 0 Å². The Hall–Kier alpha value is -2.83.